The number of methoxy groups -OCH3 is 1. The SMILES string of the molecule is COc1cc(Cl)c(-c2noc(C3CC3)c2C(=O)O)c(Cl)c1. The van der Waals surface area contributed by atoms with Crippen molar-refractivity contribution < 1.29 is 19.2 Å². The average Bonchev–Trinajstić information content (AvgIpc) is 3.18. The standard InChI is InChI=1S/C14H11Cl2NO4/c1-20-7-4-8(15)10(9(16)5-7)12-11(14(18)19)13(21-17-12)6-2-3-6/h4-6H,2-3H2,1H3,(H,18,19). The van der Waals surface area contributed by atoms with E-state index in [0.717, 1.165) is 12.8 Å². The lowest BCUT2D eigenvalue weighted by Gasteiger charge is -2.08. The molecule has 2 aromatic rings. The maximum atomic E-state index is 11.5. The molecule has 3 rings (SSSR count). The summed E-state index contributed by atoms with van der Waals surface area (Å²) in [6.45, 7) is 0. The number of nitrogens with zero attached hydrogens (tertiary/aromatic N) is 1. The minimum absolute atomic E-state index is 0.0338. The van der Waals surface area contributed by atoms with E-state index in [0.29, 0.717) is 17.1 Å². The van der Waals surface area contributed by atoms with Crippen LogP contribution in [0.2, 0.25) is 10.0 Å². The van der Waals surface area contributed by atoms with Gasteiger partial charge in [-0.1, -0.05) is 28.4 Å². The number of benzene rings is 1. The van der Waals surface area contributed by atoms with Gasteiger partial charge in [-0.05, 0) is 25.0 Å². The molecule has 1 aliphatic rings. The third-order valence-electron chi connectivity index (χ3n) is 3.37. The molecule has 0 amide bonds. The first-order valence-corrected chi connectivity index (χ1v) is 7.04. The summed E-state index contributed by atoms with van der Waals surface area (Å²) in [5, 5.41) is 13.8. The molecule has 0 atom stereocenters. The zero-order valence-corrected chi connectivity index (χ0v) is 12.5. The highest BCUT2D eigenvalue weighted by Gasteiger charge is 2.36. The fourth-order valence-corrected chi connectivity index (χ4v) is 2.84. The Morgan fingerprint density at radius 3 is 2.48 bits per heavy atom. The molecule has 5 nitrogen and oxygen atoms in total. The molecule has 0 unspecified atom stereocenters. The van der Waals surface area contributed by atoms with Gasteiger partial charge in [0, 0.05) is 11.5 Å². The fraction of sp³-hybridized carbons (Fsp3) is 0.286. The summed E-state index contributed by atoms with van der Waals surface area (Å²) in [5.41, 5.74) is 0.528. The summed E-state index contributed by atoms with van der Waals surface area (Å²) in [7, 11) is 1.49. The number of rotatable bonds is 4. The van der Waals surface area contributed by atoms with Crippen LogP contribution in [0.1, 0.15) is 34.9 Å². The number of hydrogen-bond acceptors (Lipinski definition) is 4. The van der Waals surface area contributed by atoms with Gasteiger partial charge in [0.1, 0.15) is 17.0 Å². The zero-order chi connectivity index (χ0) is 15.1. The molecule has 1 aliphatic carbocycles. The first-order chi connectivity index (χ1) is 10.0. The van der Waals surface area contributed by atoms with Crippen molar-refractivity contribution in [2.45, 2.75) is 18.8 Å². The third-order valence-corrected chi connectivity index (χ3v) is 3.96. The van der Waals surface area contributed by atoms with Gasteiger partial charge in [0.05, 0.1) is 17.2 Å². The number of carboxylic acid groups (broad SMARTS) is 1. The van der Waals surface area contributed by atoms with Crippen molar-refractivity contribution in [1.29, 1.82) is 0 Å². The van der Waals surface area contributed by atoms with E-state index < -0.39 is 5.97 Å². The second-order valence-corrected chi connectivity index (χ2v) is 5.63. The van der Waals surface area contributed by atoms with Gasteiger partial charge in [-0.25, -0.2) is 4.79 Å². The lowest BCUT2D eigenvalue weighted by Crippen LogP contribution is -2.01. The Bertz CT molecular complexity index is 699. The number of carboxylic acids is 1. The van der Waals surface area contributed by atoms with Crippen LogP contribution < -0.4 is 4.74 Å². The summed E-state index contributed by atoms with van der Waals surface area (Å²) in [6, 6.07) is 3.11. The molecule has 1 saturated carbocycles. The Morgan fingerprint density at radius 2 is 2.00 bits per heavy atom. The molecule has 1 aromatic carbocycles. The van der Waals surface area contributed by atoms with E-state index in [9.17, 15) is 9.90 Å². The Hall–Kier alpha value is -1.72. The summed E-state index contributed by atoms with van der Waals surface area (Å²) in [5.74, 6) is -0.110. The number of carbonyl (C=O) groups is 1. The normalized spacial score (nSPS) is 14.2. The molecule has 0 spiro atoms. The Morgan fingerprint density at radius 1 is 1.38 bits per heavy atom. The summed E-state index contributed by atoms with van der Waals surface area (Å²) >= 11 is 12.4. The van der Waals surface area contributed by atoms with Crippen LogP contribution in [0.25, 0.3) is 11.3 Å². The van der Waals surface area contributed by atoms with E-state index in [1.165, 1.54) is 7.11 Å². The molecule has 1 aromatic heterocycles. The van der Waals surface area contributed by atoms with Crippen LogP contribution in [0.4, 0.5) is 0 Å². The second kappa shape index (κ2) is 5.24. The maximum absolute atomic E-state index is 11.5. The van der Waals surface area contributed by atoms with Gasteiger partial charge < -0.3 is 14.4 Å². The number of aromatic carboxylic acids is 1. The molecular weight excluding hydrogens is 317 g/mol. The maximum Gasteiger partial charge on any atom is 0.341 e. The van der Waals surface area contributed by atoms with E-state index in [4.69, 9.17) is 32.5 Å². The molecule has 0 bridgehead atoms. The van der Waals surface area contributed by atoms with E-state index in [1.54, 1.807) is 12.1 Å². The van der Waals surface area contributed by atoms with Gasteiger partial charge in [-0.2, -0.15) is 0 Å². The lowest BCUT2D eigenvalue weighted by molar-refractivity contribution is 0.0695. The van der Waals surface area contributed by atoms with Gasteiger partial charge in [0.15, 0.2) is 5.76 Å². The Balaban J connectivity index is 2.19. The third kappa shape index (κ3) is 2.47. The molecule has 110 valence electrons. The highest BCUT2D eigenvalue weighted by atomic mass is 35.5. The van der Waals surface area contributed by atoms with Crippen LogP contribution in [-0.2, 0) is 0 Å². The number of halogens is 2. The first-order valence-electron chi connectivity index (χ1n) is 6.29. The summed E-state index contributed by atoms with van der Waals surface area (Å²) in [4.78, 5) is 11.5. The topological polar surface area (TPSA) is 72.6 Å². The van der Waals surface area contributed by atoms with Crippen molar-refractivity contribution in [3.63, 3.8) is 0 Å². The molecule has 21 heavy (non-hydrogen) atoms. The Kier molecular flexibility index (Phi) is 3.55. The highest BCUT2D eigenvalue weighted by Crippen LogP contribution is 2.46. The minimum atomic E-state index is -1.10. The molecule has 0 aliphatic heterocycles. The first kappa shape index (κ1) is 14.2. The van der Waals surface area contributed by atoms with E-state index in [-0.39, 0.29) is 27.2 Å². The quantitative estimate of drug-likeness (QED) is 0.909. The molecule has 1 N–H and O–H groups in total. The molecule has 7 heteroatoms. The number of hydrogen-bond donors (Lipinski definition) is 1. The van der Waals surface area contributed by atoms with Crippen LogP contribution in [0.15, 0.2) is 16.7 Å². The predicted octanol–water partition coefficient (Wildman–Crippen LogP) is 4.23. The average molecular weight is 328 g/mol. The van der Waals surface area contributed by atoms with Crippen molar-refractivity contribution in [3.05, 3.63) is 33.5 Å². The second-order valence-electron chi connectivity index (χ2n) is 4.82. The largest absolute Gasteiger partial charge is 0.497 e. The van der Waals surface area contributed by atoms with Crippen LogP contribution in [0.5, 0.6) is 5.75 Å². The van der Waals surface area contributed by atoms with E-state index >= 15 is 0 Å². The monoisotopic (exact) mass is 327 g/mol. The van der Waals surface area contributed by atoms with Crippen LogP contribution in [0, 0.1) is 0 Å². The van der Waals surface area contributed by atoms with Gasteiger partial charge in [0.2, 0.25) is 0 Å². The number of aromatic nitrogens is 1. The van der Waals surface area contributed by atoms with Crippen molar-refractivity contribution in [3.8, 4) is 17.0 Å². The Labute approximate surface area is 130 Å². The fourth-order valence-electron chi connectivity index (χ4n) is 2.20. The van der Waals surface area contributed by atoms with Gasteiger partial charge in [0.25, 0.3) is 0 Å². The molecular formula is C14H11Cl2NO4. The van der Waals surface area contributed by atoms with Gasteiger partial charge in [-0.15, -0.1) is 0 Å². The smallest absolute Gasteiger partial charge is 0.341 e. The van der Waals surface area contributed by atoms with Crippen LogP contribution >= 0.6 is 23.2 Å². The molecule has 0 radical (unpaired) electrons. The zero-order valence-electron chi connectivity index (χ0n) is 11.0. The van der Waals surface area contributed by atoms with Crippen LogP contribution in [0.3, 0.4) is 0 Å². The molecule has 0 saturated heterocycles. The molecule has 1 heterocycles. The predicted molar refractivity (Wildman–Crippen MR) is 77.4 cm³/mol. The van der Waals surface area contributed by atoms with Gasteiger partial charge >= 0.3 is 5.97 Å². The van der Waals surface area contributed by atoms with Crippen molar-refractivity contribution in [2.75, 3.05) is 7.11 Å². The van der Waals surface area contributed by atoms with E-state index in [2.05, 4.69) is 5.16 Å². The minimum Gasteiger partial charge on any atom is -0.497 e. The number of ether oxygens (including phenoxy) is 1. The van der Waals surface area contributed by atoms with Crippen molar-refractivity contribution in [2.24, 2.45) is 0 Å². The van der Waals surface area contributed by atoms with Crippen molar-refractivity contribution >= 4 is 29.2 Å². The van der Waals surface area contributed by atoms with Crippen LogP contribution in [-0.4, -0.2) is 23.3 Å². The van der Waals surface area contributed by atoms with E-state index in [1.807, 2.05) is 0 Å². The van der Waals surface area contributed by atoms with Crippen molar-refractivity contribution in [1.82, 2.24) is 5.16 Å². The highest BCUT2D eigenvalue weighted by molar-refractivity contribution is 6.39. The molecule has 1 fully saturated rings. The summed E-state index contributed by atoms with van der Waals surface area (Å²) < 4.78 is 10.3. The summed E-state index contributed by atoms with van der Waals surface area (Å²) in [6.07, 6.45) is 1.80. The van der Waals surface area contributed by atoms with Gasteiger partial charge in [-0.3, -0.25) is 0 Å². The lowest BCUT2D eigenvalue weighted by atomic mass is 10.0.